The second-order valence-electron chi connectivity index (χ2n) is 4.71. The monoisotopic (exact) mass is 338 g/mol. The van der Waals surface area contributed by atoms with E-state index in [2.05, 4.69) is 57.4 Å². The Kier molecular flexibility index (Phi) is 5.55. The summed E-state index contributed by atoms with van der Waals surface area (Å²) >= 11 is 5.32. The lowest BCUT2D eigenvalue weighted by Crippen LogP contribution is -2.18. The van der Waals surface area contributed by atoms with E-state index < -0.39 is 0 Å². The highest BCUT2D eigenvalue weighted by Gasteiger charge is 2.12. The maximum absolute atomic E-state index is 4.32. The van der Waals surface area contributed by atoms with Crippen LogP contribution >= 0.6 is 27.3 Å². The Balaban J connectivity index is 2.06. The van der Waals surface area contributed by atoms with Crippen molar-refractivity contribution in [2.45, 2.75) is 25.7 Å². The number of nitrogens with zero attached hydrogens (tertiary/aromatic N) is 1. The van der Waals surface area contributed by atoms with Crippen LogP contribution in [0.2, 0.25) is 0 Å². The van der Waals surface area contributed by atoms with E-state index in [0.29, 0.717) is 5.92 Å². The molecule has 1 unspecified atom stereocenters. The van der Waals surface area contributed by atoms with E-state index in [1.807, 2.05) is 12.6 Å². The van der Waals surface area contributed by atoms with Gasteiger partial charge in [-0.15, -0.1) is 11.3 Å². The summed E-state index contributed by atoms with van der Waals surface area (Å²) in [6.07, 6.45) is 2.26. The minimum Gasteiger partial charge on any atom is -0.319 e. The van der Waals surface area contributed by atoms with Crippen molar-refractivity contribution in [1.29, 1.82) is 0 Å². The first-order chi connectivity index (χ1) is 9.20. The van der Waals surface area contributed by atoms with Crippen LogP contribution in [0, 0.1) is 6.92 Å². The molecule has 0 radical (unpaired) electrons. The van der Waals surface area contributed by atoms with Gasteiger partial charge in [-0.2, -0.15) is 0 Å². The van der Waals surface area contributed by atoms with Gasteiger partial charge in [-0.25, -0.2) is 4.98 Å². The molecule has 1 heterocycles. The highest BCUT2D eigenvalue weighted by molar-refractivity contribution is 9.10. The summed E-state index contributed by atoms with van der Waals surface area (Å²) in [7, 11) is 2.02. The maximum atomic E-state index is 4.32. The third kappa shape index (κ3) is 4.13. The normalized spacial score (nSPS) is 12.6. The average molecular weight is 339 g/mol. The Morgan fingerprint density at radius 2 is 2.26 bits per heavy atom. The predicted octanol–water partition coefficient (Wildman–Crippen LogP) is 4.15. The van der Waals surface area contributed by atoms with Crippen molar-refractivity contribution >= 4 is 27.3 Å². The maximum Gasteiger partial charge on any atom is 0.0797 e. The molecule has 102 valence electrons. The summed E-state index contributed by atoms with van der Waals surface area (Å²) in [4.78, 5) is 5.74. The van der Waals surface area contributed by atoms with Gasteiger partial charge in [0.25, 0.3) is 0 Å². The highest BCUT2D eigenvalue weighted by Crippen LogP contribution is 2.25. The molecule has 1 atom stereocenters. The molecule has 0 fully saturated rings. The Bertz CT molecular complexity index is 524. The third-order valence-corrected chi connectivity index (χ3v) is 4.82. The van der Waals surface area contributed by atoms with E-state index in [1.54, 1.807) is 11.3 Å². The number of hydrogen-bond acceptors (Lipinski definition) is 3. The van der Waals surface area contributed by atoms with Crippen molar-refractivity contribution < 1.29 is 0 Å². The SMILES string of the molecule is CNCC(CCc1scnc1C)c1cccc(Br)c1. The third-order valence-electron chi connectivity index (χ3n) is 3.34. The average Bonchev–Trinajstić information content (AvgIpc) is 2.80. The van der Waals surface area contributed by atoms with Gasteiger partial charge in [0.1, 0.15) is 0 Å². The van der Waals surface area contributed by atoms with Gasteiger partial charge in [0, 0.05) is 15.9 Å². The van der Waals surface area contributed by atoms with Crippen LogP contribution in [0.5, 0.6) is 0 Å². The van der Waals surface area contributed by atoms with Crippen molar-refractivity contribution in [3.8, 4) is 0 Å². The Hall–Kier alpha value is -0.710. The van der Waals surface area contributed by atoms with E-state index >= 15 is 0 Å². The number of thiazole rings is 1. The predicted molar refractivity (Wildman–Crippen MR) is 86.0 cm³/mol. The number of likely N-dealkylation sites (N-methyl/N-ethyl adjacent to an activating group) is 1. The van der Waals surface area contributed by atoms with E-state index in [4.69, 9.17) is 0 Å². The molecule has 0 aliphatic rings. The zero-order valence-corrected chi connectivity index (χ0v) is 13.7. The number of benzene rings is 1. The van der Waals surface area contributed by atoms with Crippen LogP contribution in [0.1, 0.15) is 28.5 Å². The molecule has 0 aliphatic carbocycles. The smallest absolute Gasteiger partial charge is 0.0797 e. The molecule has 0 amide bonds. The van der Waals surface area contributed by atoms with Crippen LogP contribution < -0.4 is 5.32 Å². The summed E-state index contributed by atoms with van der Waals surface area (Å²) in [5.41, 5.74) is 4.52. The molecule has 1 aromatic heterocycles. The quantitative estimate of drug-likeness (QED) is 0.855. The fraction of sp³-hybridized carbons (Fsp3) is 0.400. The van der Waals surface area contributed by atoms with Gasteiger partial charge >= 0.3 is 0 Å². The molecule has 0 saturated carbocycles. The number of aryl methyl sites for hydroxylation is 2. The fourth-order valence-electron chi connectivity index (χ4n) is 2.26. The minimum atomic E-state index is 0.545. The first-order valence-corrected chi connectivity index (χ1v) is 8.17. The highest BCUT2D eigenvalue weighted by atomic mass is 79.9. The van der Waals surface area contributed by atoms with Gasteiger partial charge in [0.15, 0.2) is 0 Å². The Morgan fingerprint density at radius 1 is 1.42 bits per heavy atom. The molecule has 1 N–H and O–H groups in total. The second-order valence-corrected chi connectivity index (χ2v) is 6.56. The van der Waals surface area contributed by atoms with Crippen molar-refractivity contribution in [1.82, 2.24) is 10.3 Å². The number of hydrogen-bond donors (Lipinski definition) is 1. The fourth-order valence-corrected chi connectivity index (χ4v) is 3.48. The summed E-state index contributed by atoms with van der Waals surface area (Å²) in [6.45, 7) is 3.10. The number of nitrogens with one attached hydrogen (secondary N) is 1. The van der Waals surface area contributed by atoms with Crippen LogP contribution in [0.25, 0.3) is 0 Å². The first-order valence-electron chi connectivity index (χ1n) is 6.49. The van der Waals surface area contributed by atoms with E-state index in [0.717, 1.165) is 23.9 Å². The van der Waals surface area contributed by atoms with Gasteiger partial charge in [-0.3, -0.25) is 0 Å². The van der Waals surface area contributed by atoms with Gasteiger partial charge in [0.2, 0.25) is 0 Å². The van der Waals surface area contributed by atoms with Crippen LogP contribution in [-0.4, -0.2) is 18.6 Å². The van der Waals surface area contributed by atoms with Crippen molar-refractivity contribution in [2.75, 3.05) is 13.6 Å². The lowest BCUT2D eigenvalue weighted by atomic mass is 9.93. The zero-order chi connectivity index (χ0) is 13.7. The topological polar surface area (TPSA) is 24.9 Å². The van der Waals surface area contributed by atoms with Crippen LogP contribution in [0.3, 0.4) is 0 Å². The van der Waals surface area contributed by atoms with Crippen LogP contribution in [0.4, 0.5) is 0 Å². The molecule has 0 spiro atoms. The second kappa shape index (κ2) is 7.17. The van der Waals surface area contributed by atoms with Gasteiger partial charge in [-0.1, -0.05) is 28.1 Å². The molecular weight excluding hydrogens is 320 g/mol. The van der Waals surface area contributed by atoms with Gasteiger partial charge < -0.3 is 5.32 Å². The van der Waals surface area contributed by atoms with E-state index in [-0.39, 0.29) is 0 Å². The number of halogens is 1. The van der Waals surface area contributed by atoms with Crippen molar-refractivity contribution in [3.63, 3.8) is 0 Å². The molecule has 19 heavy (non-hydrogen) atoms. The molecule has 2 aromatic rings. The van der Waals surface area contributed by atoms with Crippen molar-refractivity contribution in [3.05, 3.63) is 50.4 Å². The van der Waals surface area contributed by atoms with E-state index in [9.17, 15) is 0 Å². The van der Waals surface area contributed by atoms with Crippen LogP contribution in [0.15, 0.2) is 34.2 Å². The first kappa shape index (κ1) is 14.7. The molecule has 0 aliphatic heterocycles. The molecule has 2 nitrogen and oxygen atoms in total. The van der Waals surface area contributed by atoms with Gasteiger partial charge in [0.05, 0.1) is 11.2 Å². The number of aromatic nitrogens is 1. The lowest BCUT2D eigenvalue weighted by Gasteiger charge is -2.17. The summed E-state index contributed by atoms with van der Waals surface area (Å²) in [6, 6.07) is 8.63. The zero-order valence-electron chi connectivity index (χ0n) is 11.3. The summed E-state index contributed by atoms with van der Waals surface area (Å²) in [5.74, 6) is 0.545. The molecule has 4 heteroatoms. The van der Waals surface area contributed by atoms with E-state index in [1.165, 1.54) is 16.1 Å². The molecule has 2 rings (SSSR count). The Morgan fingerprint density at radius 3 is 2.89 bits per heavy atom. The van der Waals surface area contributed by atoms with Crippen molar-refractivity contribution in [2.24, 2.45) is 0 Å². The summed E-state index contributed by atoms with van der Waals surface area (Å²) < 4.78 is 1.15. The lowest BCUT2D eigenvalue weighted by molar-refractivity contribution is 0.585. The Labute approximate surface area is 127 Å². The largest absolute Gasteiger partial charge is 0.319 e. The van der Waals surface area contributed by atoms with Crippen LogP contribution in [-0.2, 0) is 6.42 Å². The molecular formula is C15H19BrN2S. The molecule has 0 saturated heterocycles. The summed E-state index contributed by atoms with van der Waals surface area (Å²) in [5, 5.41) is 3.30. The standard InChI is InChI=1S/C15H19BrN2S/c1-11-15(19-10-18-11)7-6-13(9-17-2)12-4-3-5-14(16)8-12/h3-5,8,10,13,17H,6-7,9H2,1-2H3. The number of rotatable bonds is 6. The minimum absolute atomic E-state index is 0.545. The molecule has 1 aromatic carbocycles. The van der Waals surface area contributed by atoms with Gasteiger partial charge in [-0.05, 0) is 50.4 Å². The molecule has 0 bridgehead atoms.